The van der Waals surface area contributed by atoms with E-state index in [2.05, 4.69) is 39.9 Å². The molecular formula is C17H28FNO. The lowest BCUT2D eigenvalue weighted by Gasteiger charge is -2.25. The zero-order valence-corrected chi connectivity index (χ0v) is 13.3. The number of halogens is 1. The van der Waals surface area contributed by atoms with Gasteiger partial charge in [0.15, 0.2) is 0 Å². The van der Waals surface area contributed by atoms with E-state index >= 15 is 0 Å². The summed E-state index contributed by atoms with van der Waals surface area (Å²) in [5.41, 5.74) is 1.02. The van der Waals surface area contributed by atoms with Crippen LogP contribution >= 0.6 is 0 Å². The van der Waals surface area contributed by atoms with Gasteiger partial charge >= 0.3 is 0 Å². The van der Waals surface area contributed by atoms with E-state index in [1.165, 1.54) is 12.1 Å². The zero-order chi connectivity index (χ0) is 15.1. The van der Waals surface area contributed by atoms with Gasteiger partial charge in [-0.25, -0.2) is 4.39 Å². The van der Waals surface area contributed by atoms with Gasteiger partial charge in [0.1, 0.15) is 5.82 Å². The highest BCUT2D eigenvalue weighted by Gasteiger charge is 2.17. The van der Waals surface area contributed by atoms with Crippen LogP contribution in [0.3, 0.4) is 0 Å². The van der Waals surface area contributed by atoms with Crippen molar-refractivity contribution in [1.29, 1.82) is 0 Å². The van der Waals surface area contributed by atoms with Gasteiger partial charge in [-0.3, -0.25) is 0 Å². The summed E-state index contributed by atoms with van der Waals surface area (Å²) in [6.45, 7) is 11.5. The highest BCUT2D eigenvalue weighted by atomic mass is 19.1. The van der Waals surface area contributed by atoms with E-state index in [1.54, 1.807) is 0 Å². The fourth-order valence-electron chi connectivity index (χ4n) is 2.26. The van der Waals surface area contributed by atoms with Crippen LogP contribution < -0.4 is 5.32 Å². The summed E-state index contributed by atoms with van der Waals surface area (Å²) >= 11 is 0. The molecule has 0 amide bonds. The van der Waals surface area contributed by atoms with E-state index in [0.29, 0.717) is 12.0 Å². The van der Waals surface area contributed by atoms with Crippen molar-refractivity contribution in [2.45, 2.75) is 59.3 Å². The summed E-state index contributed by atoms with van der Waals surface area (Å²) in [7, 11) is 0. The summed E-state index contributed by atoms with van der Waals surface area (Å²) in [5, 5.41) is 3.40. The van der Waals surface area contributed by atoms with E-state index in [1.807, 2.05) is 12.1 Å². The lowest BCUT2D eigenvalue weighted by atomic mass is 10.1. The number of ether oxygens (including phenoxy) is 1. The Morgan fingerprint density at radius 2 is 1.65 bits per heavy atom. The predicted octanol–water partition coefficient (Wildman–Crippen LogP) is 4.32. The van der Waals surface area contributed by atoms with Crippen LogP contribution in [-0.2, 0) is 4.74 Å². The molecule has 0 saturated carbocycles. The Kier molecular flexibility index (Phi) is 7.17. The molecule has 2 atom stereocenters. The second-order valence-corrected chi connectivity index (χ2v) is 6.18. The normalized spacial score (nSPS) is 14.8. The maximum Gasteiger partial charge on any atom is 0.123 e. The number of hydrogen-bond acceptors (Lipinski definition) is 2. The Bertz CT molecular complexity index is 375. The molecule has 0 fully saturated rings. The summed E-state index contributed by atoms with van der Waals surface area (Å²) in [5.74, 6) is 0.400. The lowest BCUT2D eigenvalue weighted by Crippen LogP contribution is -2.31. The van der Waals surface area contributed by atoms with Crippen molar-refractivity contribution in [3.63, 3.8) is 0 Å². The Morgan fingerprint density at radius 1 is 1.05 bits per heavy atom. The van der Waals surface area contributed by atoms with Crippen LogP contribution in [-0.4, -0.2) is 18.7 Å². The second kappa shape index (κ2) is 8.38. The minimum absolute atomic E-state index is 0.0354. The van der Waals surface area contributed by atoms with Crippen molar-refractivity contribution in [2.75, 3.05) is 6.54 Å². The second-order valence-electron chi connectivity index (χ2n) is 6.18. The first-order valence-electron chi connectivity index (χ1n) is 7.52. The molecule has 114 valence electrons. The van der Waals surface area contributed by atoms with Gasteiger partial charge in [0.05, 0.1) is 12.2 Å². The highest BCUT2D eigenvalue weighted by molar-refractivity contribution is 5.19. The molecule has 1 aromatic rings. The highest BCUT2D eigenvalue weighted by Crippen LogP contribution is 2.21. The van der Waals surface area contributed by atoms with Crippen molar-refractivity contribution in [1.82, 2.24) is 5.32 Å². The van der Waals surface area contributed by atoms with Gasteiger partial charge in [-0.2, -0.15) is 0 Å². The zero-order valence-electron chi connectivity index (χ0n) is 13.3. The van der Waals surface area contributed by atoms with Gasteiger partial charge in [0.25, 0.3) is 0 Å². The summed E-state index contributed by atoms with van der Waals surface area (Å²) in [4.78, 5) is 0. The molecule has 1 N–H and O–H groups in total. The third kappa shape index (κ3) is 6.49. The van der Waals surface area contributed by atoms with Crippen LogP contribution in [0, 0.1) is 11.7 Å². The van der Waals surface area contributed by atoms with Crippen LogP contribution in [0.2, 0.25) is 0 Å². The summed E-state index contributed by atoms with van der Waals surface area (Å²) in [6, 6.07) is 7.01. The molecule has 0 radical (unpaired) electrons. The van der Waals surface area contributed by atoms with Gasteiger partial charge < -0.3 is 10.1 Å². The molecule has 0 aliphatic heterocycles. The van der Waals surface area contributed by atoms with Crippen molar-refractivity contribution in [2.24, 2.45) is 5.92 Å². The molecule has 2 nitrogen and oxygen atoms in total. The van der Waals surface area contributed by atoms with Gasteiger partial charge in [0, 0.05) is 12.6 Å². The fourth-order valence-corrected chi connectivity index (χ4v) is 2.26. The Balaban J connectivity index is 2.71. The van der Waals surface area contributed by atoms with E-state index in [9.17, 15) is 4.39 Å². The fraction of sp³-hybridized carbons (Fsp3) is 0.647. The first kappa shape index (κ1) is 17.1. The summed E-state index contributed by atoms with van der Waals surface area (Å²) < 4.78 is 19.2. The molecule has 0 aliphatic rings. The molecule has 0 spiro atoms. The molecule has 0 bridgehead atoms. The van der Waals surface area contributed by atoms with Crippen molar-refractivity contribution in [3.8, 4) is 0 Å². The Labute approximate surface area is 122 Å². The third-order valence-corrected chi connectivity index (χ3v) is 3.15. The minimum Gasteiger partial charge on any atom is -0.369 e. The summed E-state index contributed by atoms with van der Waals surface area (Å²) in [6.07, 6.45) is 1.19. The number of nitrogens with one attached hydrogen (secondary N) is 1. The molecule has 2 unspecified atom stereocenters. The smallest absolute Gasteiger partial charge is 0.123 e. The van der Waals surface area contributed by atoms with Crippen LogP contribution in [0.15, 0.2) is 24.3 Å². The first-order chi connectivity index (χ1) is 9.38. The van der Waals surface area contributed by atoms with Gasteiger partial charge in [0.2, 0.25) is 0 Å². The molecule has 0 saturated heterocycles. The SMILES string of the molecule is CC(C)CC(C)OC(CNC(C)C)c1ccc(F)cc1. The average molecular weight is 281 g/mol. The quantitative estimate of drug-likeness (QED) is 0.766. The molecule has 1 rings (SSSR count). The number of hydrogen-bond donors (Lipinski definition) is 1. The molecule has 0 aliphatic carbocycles. The van der Waals surface area contributed by atoms with Gasteiger partial charge in [-0.1, -0.05) is 39.8 Å². The van der Waals surface area contributed by atoms with Crippen LogP contribution in [0.4, 0.5) is 4.39 Å². The molecular weight excluding hydrogens is 253 g/mol. The van der Waals surface area contributed by atoms with Crippen molar-refractivity contribution in [3.05, 3.63) is 35.6 Å². The largest absolute Gasteiger partial charge is 0.369 e. The van der Waals surface area contributed by atoms with E-state index in [4.69, 9.17) is 4.74 Å². The first-order valence-corrected chi connectivity index (χ1v) is 7.52. The van der Waals surface area contributed by atoms with Crippen molar-refractivity contribution >= 4 is 0 Å². The van der Waals surface area contributed by atoms with E-state index in [0.717, 1.165) is 18.5 Å². The predicted molar refractivity (Wildman–Crippen MR) is 82.3 cm³/mol. The lowest BCUT2D eigenvalue weighted by molar-refractivity contribution is -0.0134. The molecule has 20 heavy (non-hydrogen) atoms. The number of rotatable bonds is 8. The van der Waals surface area contributed by atoms with E-state index in [-0.39, 0.29) is 18.0 Å². The van der Waals surface area contributed by atoms with Crippen LogP contribution in [0.5, 0.6) is 0 Å². The molecule has 1 aromatic carbocycles. The molecule has 3 heteroatoms. The average Bonchev–Trinajstić information content (AvgIpc) is 2.34. The Hall–Kier alpha value is -0.930. The standard InChI is InChI=1S/C17H28FNO/c1-12(2)10-14(5)20-17(11-19-13(3)4)15-6-8-16(18)9-7-15/h6-9,12-14,17,19H,10-11H2,1-5H3. The monoisotopic (exact) mass is 281 g/mol. The topological polar surface area (TPSA) is 21.3 Å². The Morgan fingerprint density at radius 3 is 2.15 bits per heavy atom. The third-order valence-electron chi connectivity index (χ3n) is 3.15. The van der Waals surface area contributed by atoms with Crippen molar-refractivity contribution < 1.29 is 9.13 Å². The maximum absolute atomic E-state index is 13.0. The maximum atomic E-state index is 13.0. The van der Waals surface area contributed by atoms with Crippen LogP contribution in [0.1, 0.15) is 52.7 Å². The minimum atomic E-state index is -0.209. The molecule has 0 aromatic heterocycles. The van der Waals surface area contributed by atoms with E-state index < -0.39 is 0 Å². The number of benzene rings is 1. The van der Waals surface area contributed by atoms with Gasteiger partial charge in [-0.05, 0) is 37.0 Å². The van der Waals surface area contributed by atoms with Gasteiger partial charge in [-0.15, -0.1) is 0 Å². The van der Waals surface area contributed by atoms with Crippen LogP contribution in [0.25, 0.3) is 0 Å². The molecule has 0 heterocycles.